The highest BCUT2D eigenvalue weighted by molar-refractivity contribution is 5.69. The summed E-state index contributed by atoms with van der Waals surface area (Å²) in [5, 5.41) is 11.5. The molecule has 2 N–H and O–H groups in total. The quantitative estimate of drug-likeness (QED) is 0.0803. The number of unbranched alkanes of at least 4 members (excludes halogenated alkanes) is 14. The Labute approximate surface area is 232 Å². The van der Waals surface area contributed by atoms with Gasteiger partial charge >= 0.3 is 18.0 Å². The SMILES string of the molecule is CCCCCCCCCOC(=O)CCCCCCCN(CCCCCCCC(=O)O)CCCNC(=O)OC. The number of hydrogen-bond acceptors (Lipinski definition) is 6. The van der Waals surface area contributed by atoms with E-state index in [1.165, 1.54) is 39.2 Å². The zero-order valence-corrected chi connectivity index (χ0v) is 24.6. The molecule has 0 saturated heterocycles. The van der Waals surface area contributed by atoms with Gasteiger partial charge in [-0.15, -0.1) is 0 Å². The van der Waals surface area contributed by atoms with E-state index in [0.29, 0.717) is 19.6 Å². The zero-order chi connectivity index (χ0) is 28.1. The molecule has 38 heavy (non-hydrogen) atoms. The third-order valence-corrected chi connectivity index (χ3v) is 6.84. The highest BCUT2D eigenvalue weighted by Gasteiger charge is 2.07. The molecule has 0 spiro atoms. The van der Waals surface area contributed by atoms with Gasteiger partial charge in [0.2, 0.25) is 0 Å². The number of amides is 1. The predicted octanol–water partition coefficient (Wildman–Crippen LogP) is 7.09. The first-order chi connectivity index (χ1) is 18.5. The molecule has 0 aromatic heterocycles. The van der Waals surface area contributed by atoms with Gasteiger partial charge in [0.15, 0.2) is 0 Å². The largest absolute Gasteiger partial charge is 0.481 e. The van der Waals surface area contributed by atoms with Crippen molar-refractivity contribution in [1.82, 2.24) is 10.2 Å². The molecule has 0 aliphatic carbocycles. The van der Waals surface area contributed by atoms with Gasteiger partial charge in [0.1, 0.15) is 0 Å². The van der Waals surface area contributed by atoms with E-state index < -0.39 is 5.97 Å². The first-order valence-electron chi connectivity index (χ1n) is 15.4. The minimum atomic E-state index is -0.713. The number of aliphatic carboxylic acids is 1. The molecule has 0 rings (SSSR count). The lowest BCUT2D eigenvalue weighted by atomic mass is 10.1. The molecular weight excluding hydrogens is 484 g/mol. The standard InChI is InChI=1S/C30H58N2O6/c1-3-4-5-6-7-14-19-27-38-29(35)22-16-11-9-13-18-25-32(26-20-23-31-30(36)37-2)24-17-12-8-10-15-21-28(33)34/h3-27H2,1-2H3,(H,31,36)(H,33,34). The van der Waals surface area contributed by atoms with Crippen LogP contribution in [-0.2, 0) is 19.1 Å². The first-order valence-corrected chi connectivity index (χ1v) is 15.4. The summed E-state index contributed by atoms with van der Waals surface area (Å²) in [7, 11) is 1.37. The van der Waals surface area contributed by atoms with E-state index in [0.717, 1.165) is 103 Å². The molecule has 8 heteroatoms. The summed E-state index contributed by atoms with van der Waals surface area (Å²) in [4.78, 5) is 36.2. The number of carbonyl (C=O) groups is 3. The number of hydrogen-bond donors (Lipinski definition) is 2. The monoisotopic (exact) mass is 542 g/mol. The lowest BCUT2D eigenvalue weighted by Crippen LogP contribution is -2.31. The second kappa shape index (κ2) is 28.2. The number of carbonyl (C=O) groups excluding carboxylic acids is 2. The van der Waals surface area contributed by atoms with Crippen LogP contribution in [0.15, 0.2) is 0 Å². The van der Waals surface area contributed by atoms with Crippen molar-refractivity contribution < 1.29 is 29.0 Å². The third kappa shape index (κ3) is 27.2. The van der Waals surface area contributed by atoms with Crippen LogP contribution in [-0.4, -0.2) is 67.9 Å². The summed E-state index contributed by atoms with van der Waals surface area (Å²) >= 11 is 0. The number of methoxy groups -OCH3 is 1. The number of carboxylic acid groups (broad SMARTS) is 1. The molecule has 8 nitrogen and oxygen atoms in total. The number of nitrogens with zero attached hydrogens (tertiary/aromatic N) is 1. The first kappa shape index (κ1) is 36.2. The summed E-state index contributed by atoms with van der Waals surface area (Å²) in [6.45, 7) is 6.41. The summed E-state index contributed by atoms with van der Waals surface area (Å²) < 4.78 is 10.00. The number of alkyl carbamates (subject to hydrolysis) is 1. The lowest BCUT2D eigenvalue weighted by molar-refractivity contribution is -0.144. The smallest absolute Gasteiger partial charge is 0.406 e. The van der Waals surface area contributed by atoms with Crippen LogP contribution in [0, 0.1) is 0 Å². The van der Waals surface area contributed by atoms with Crippen molar-refractivity contribution >= 4 is 18.0 Å². The molecule has 1 amide bonds. The minimum absolute atomic E-state index is 0.0503. The Morgan fingerprint density at radius 3 is 1.74 bits per heavy atom. The van der Waals surface area contributed by atoms with E-state index in [4.69, 9.17) is 9.84 Å². The molecular formula is C30H58N2O6. The van der Waals surface area contributed by atoms with Crippen molar-refractivity contribution in [1.29, 1.82) is 0 Å². The second-order valence-corrected chi connectivity index (χ2v) is 10.4. The van der Waals surface area contributed by atoms with Crippen LogP contribution in [0.4, 0.5) is 4.79 Å². The third-order valence-electron chi connectivity index (χ3n) is 6.84. The molecule has 0 aliphatic heterocycles. The summed E-state index contributed by atoms with van der Waals surface area (Å²) in [6.07, 6.45) is 20.3. The molecule has 0 aromatic rings. The fourth-order valence-electron chi connectivity index (χ4n) is 4.50. The average molecular weight is 543 g/mol. The van der Waals surface area contributed by atoms with Gasteiger partial charge in [0, 0.05) is 19.4 Å². The summed E-state index contributed by atoms with van der Waals surface area (Å²) in [5.41, 5.74) is 0. The predicted molar refractivity (Wildman–Crippen MR) is 153 cm³/mol. The van der Waals surface area contributed by atoms with Crippen molar-refractivity contribution in [2.24, 2.45) is 0 Å². The van der Waals surface area contributed by atoms with Gasteiger partial charge in [0.05, 0.1) is 13.7 Å². The summed E-state index contributed by atoms with van der Waals surface area (Å²) in [5.74, 6) is -0.763. The molecule has 0 bridgehead atoms. The van der Waals surface area contributed by atoms with Crippen LogP contribution in [0.25, 0.3) is 0 Å². The maximum Gasteiger partial charge on any atom is 0.406 e. The molecule has 0 aromatic carbocycles. The molecule has 0 saturated carbocycles. The number of esters is 1. The second-order valence-electron chi connectivity index (χ2n) is 10.4. The maximum atomic E-state index is 11.9. The summed E-state index contributed by atoms with van der Waals surface area (Å²) in [6, 6.07) is 0. The normalized spacial score (nSPS) is 11.0. The van der Waals surface area contributed by atoms with Crippen LogP contribution in [0.1, 0.15) is 135 Å². The fourth-order valence-corrected chi connectivity index (χ4v) is 4.50. The highest BCUT2D eigenvalue weighted by Crippen LogP contribution is 2.11. The molecule has 0 fully saturated rings. The number of carboxylic acids is 1. The van der Waals surface area contributed by atoms with Crippen molar-refractivity contribution in [3.8, 4) is 0 Å². The van der Waals surface area contributed by atoms with Gasteiger partial charge in [-0.05, 0) is 58.2 Å². The Balaban J connectivity index is 3.87. The van der Waals surface area contributed by atoms with E-state index >= 15 is 0 Å². The van der Waals surface area contributed by atoms with E-state index in [-0.39, 0.29) is 18.5 Å². The van der Waals surface area contributed by atoms with Crippen molar-refractivity contribution in [2.45, 2.75) is 135 Å². The van der Waals surface area contributed by atoms with E-state index in [1.807, 2.05) is 0 Å². The van der Waals surface area contributed by atoms with Crippen molar-refractivity contribution in [3.63, 3.8) is 0 Å². The molecule has 0 atom stereocenters. The molecule has 0 unspecified atom stereocenters. The Bertz CT molecular complexity index is 573. The van der Waals surface area contributed by atoms with Crippen LogP contribution in [0.3, 0.4) is 0 Å². The maximum absolute atomic E-state index is 11.9. The molecule has 0 radical (unpaired) electrons. The minimum Gasteiger partial charge on any atom is -0.481 e. The van der Waals surface area contributed by atoms with E-state index in [9.17, 15) is 14.4 Å². The van der Waals surface area contributed by atoms with Gasteiger partial charge in [0.25, 0.3) is 0 Å². The van der Waals surface area contributed by atoms with Crippen LogP contribution < -0.4 is 5.32 Å². The number of ether oxygens (including phenoxy) is 2. The number of nitrogens with one attached hydrogen (secondary N) is 1. The van der Waals surface area contributed by atoms with Crippen LogP contribution >= 0.6 is 0 Å². The van der Waals surface area contributed by atoms with Crippen LogP contribution in [0.5, 0.6) is 0 Å². The zero-order valence-electron chi connectivity index (χ0n) is 24.6. The van der Waals surface area contributed by atoms with Crippen molar-refractivity contribution in [3.05, 3.63) is 0 Å². The van der Waals surface area contributed by atoms with E-state index in [1.54, 1.807) is 0 Å². The van der Waals surface area contributed by atoms with Gasteiger partial charge in [-0.1, -0.05) is 84.0 Å². The van der Waals surface area contributed by atoms with Crippen LogP contribution in [0.2, 0.25) is 0 Å². The average Bonchev–Trinajstić information content (AvgIpc) is 2.90. The van der Waals surface area contributed by atoms with Gasteiger partial charge in [-0.3, -0.25) is 9.59 Å². The lowest BCUT2D eigenvalue weighted by Gasteiger charge is -2.22. The highest BCUT2D eigenvalue weighted by atomic mass is 16.5. The molecule has 0 heterocycles. The van der Waals surface area contributed by atoms with Gasteiger partial charge in [-0.25, -0.2) is 4.79 Å². The topological polar surface area (TPSA) is 105 Å². The Morgan fingerprint density at radius 1 is 0.658 bits per heavy atom. The van der Waals surface area contributed by atoms with Crippen molar-refractivity contribution in [2.75, 3.05) is 39.9 Å². The van der Waals surface area contributed by atoms with Gasteiger partial charge in [-0.2, -0.15) is 0 Å². The Hall–Kier alpha value is -1.83. The van der Waals surface area contributed by atoms with E-state index in [2.05, 4.69) is 21.9 Å². The van der Waals surface area contributed by atoms with Gasteiger partial charge < -0.3 is 24.8 Å². The fraction of sp³-hybridized carbons (Fsp3) is 0.900. The number of rotatable bonds is 28. The molecule has 224 valence electrons. The molecule has 0 aliphatic rings. The Kier molecular flexibility index (Phi) is 26.8. The Morgan fingerprint density at radius 2 is 1.16 bits per heavy atom.